The molecule has 0 fully saturated rings. The number of hydrogen-bond donors (Lipinski definition) is 0. The van der Waals surface area contributed by atoms with Gasteiger partial charge in [0, 0.05) is 48.9 Å². The van der Waals surface area contributed by atoms with Crippen molar-refractivity contribution in [3.05, 3.63) is 169 Å². The molecule has 0 N–H and O–H groups in total. The van der Waals surface area contributed by atoms with Crippen LogP contribution in [0.5, 0.6) is 0 Å². The van der Waals surface area contributed by atoms with Gasteiger partial charge in [0.2, 0.25) is 0 Å². The van der Waals surface area contributed by atoms with Crippen molar-refractivity contribution in [2.24, 2.45) is 0 Å². The third kappa shape index (κ3) is 3.57. The molecule has 4 heteroatoms. The fourth-order valence-corrected chi connectivity index (χ4v) is 10.2. The smallest absolute Gasteiger partial charge is 0.165 e. The van der Waals surface area contributed by atoms with Gasteiger partial charge in [0.1, 0.15) is 5.69 Å². The van der Waals surface area contributed by atoms with Gasteiger partial charge in [-0.15, -0.1) is 0 Å². The average Bonchev–Trinajstić information content (AvgIpc) is 3.80. The molecule has 0 aliphatic heterocycles. The van der Waals surface area contributed by atoms with Crippen LogP contribution in [0.25, 0.3) is 110 Å². The molecule has 4 heterocycles. The van der Waals surface area contributed by atoms with Crippen LogP contribution in [0.4, 0.5) is 0 Å². The van der Waals surface area contributed by atoms with E-state index in [2.05, 4.69) is 181 Å². The predicted octanol–water partition coefficient (Wildman–Crippen LogP) is 13.0. The Morgan fingerprint density at radius 2 is 1.18 bits per heavy atom. The van der Waals surface area contributed by atoms with Gasteiger partial charge >= 0.3 is 0 Å². The second kappa shape index (κ2) is 10.1. The van der Waals surface area contributed by atoms with Crippen LogP contribution in [-0.4, -0.2) is 18.9 Å². The Kier molecular flexibility index (Phi) is 5.42. The van der Waals surface area contributed by atoms with E-state index in [1.807, 2.05) is 0 Å². The highest BCUT2D eigenvalue weighted by Crippen LogP contribution is 2.56. The maximum atomic E-state index is 5.76. The van der Waals surface area contributed by atoms with Gasteiger partial charge in [-0.1, -0.05) is 147 Å². The first-order valence-corrected chi connectivity index (χ1v) is 19.1. The lowest BCUT2D eigenvalue weighted by atomic mass is 9.82. The zero-order valence-electron chi connectivity index (χ0n) is 30.3. The average molecular weight is 701 g/mol. The van der Waals surface area contributed by atoms with Gasteiger partial charge < -0.3 is 4.40 Å². The summed E-state index contributed by atoms with van der Waals surface area (Å²) in [5, 5.41) is 9.77. The van der Waals surface area contributed by atoms with E-state index in [9.17, 15) is 0 Å². The van der Waals surface area contributed by atoms with Gasteiger partial charge in [-0.3, -0.25) is 4.57 Å². The minimum Gasteiger partial charge on any atom is -0.308 e. The molecule has 13 rings (SSSR count). The summed E-state index contributed by atoms with van der Waals surface area (Å²) in [5.74, 6) is 0.838. The van der Waals surface area contributed by atoms with Crippen LogP contribution < -0.4 is 0 Å². The van der Waals surface area contributed by atoms with Crippen LogP contribution >= 0.6 is 0 Å². The fraction of sp³-hybridized carbons (Fsp3) is 0.0588. The van der Waals surface area contributed by atoms with E-state index in [1.165, 1.54) is 76.6 Å². The molecule has 0 spiro atoms. The Hall–Kier alpha value is -7.04. The number of nitrogens with zero attached hydrogens (tertiary/aromatic N) is 4. The lowest BCUT2D eigenvalue weighted by Gasteiger charge is -2.22. The Bertz CT molecular complexity index is 3620. The number of fused-ring (bicyclic) bond motifs is 12. The van der Waals surface area contributed by atoms with E-state index in [1.54, 1.807) is 0 Å². The monoisotopic (exact) mass is 700 g/mol. The molecule has 1 aliphatic carbocycles. The minimum absolute atomic E-state index is 0.234. The standard InChI is InChI=1S/C51H32N4/c1-51(2)37-23-10-8-19-36(37)43-38(51)28-42-45-44-33(35-22-12-21-34-32-18-9-11-24-40(32)54(42)48(34)35)20-13-25-41(44)55(49(43)45)50-46(30-15-4-3-5-16-30)52-39-27-26-29-14-6-7-17-31(29)47(39)53-50/h3-28H,1-2H3. The SMILES string of the molecule is CC1(C)c2ccccc2-c2c1cc1c3c4c(cccc4n(-c4nc5c(ccc6ccccc65)nc4-c4ccccc4)c23)c2cccc3c4ccccc4n1c23. The van der Waals surface area contributed by atoms with Crippen LogP contribution in [0, 0.1) is 0 Å². The van der Waals surface area contributed by atoms with Gasteiger partial charge in [0.15, 0.2) is 5.82 Å². The molecule has 0 unspecified atom stereocenters. The maximum Gasteiger partial charge on any atom is 0.165 e. The third-order valence-electron chi connectivity index (χ3n) is 12.6. The molecule has 0 saturated carbocycles. The summed E-state index contributed by atoms with van der Waals surface area (Å²) in [6, 6.07) is 57.5. The van der Waals surface area contributed by atoms with Crippen molar-refractivity contribution in [3.63, 3.8) is 0 Å². The number of benzene rings is 8. The lowest BCUT2D eigenvalue weighted by molar-refractivity contribution is 0.661. The molecule has 256 valence electrons. The zero-order chi connectivity index (χ0) is 36.2. The molecule has 4 aromatic heterocycles. The van der Waals surface area contributed by atoms with Gasteiger partial charge in [0.05, 0.1) is 38.6 Å². The number of para-hydroxylation sites is 2. The van der Waals surface area contributed by atoms with Crippen LogP contribution in [0.3, 0.4) is 0 Å². The second-order valence-electron chi connectivity index (χ2n) is 15.7. The van der Waals surface area contributed by atoms with Gasteiger partial charge in [0.25, 0.3) is 0 Å². The summed E-state index contributed by atoms with van der Waals surface area (Å²) in [4.78, 5) is 11.3. The molecule has 0 amide bonds. The van der Waals surface area contributed by atoms with E-state index >= 15 is 0 Å². The highest BCUT2D eigenvalue weighted by Gasteiger charge is 2.39. The second-order valence-corrected chi connectivity index (χ2v) is 15.7. The van der Waals surface area contributed by atoms with E-state index in [4.69, 9.17) is 9.97 Å². The fourth-order valence-electron chi connectivity index (χ4n) is 10.2. The molecule has 0 bridgehead atoms. The van der Waals surface area contributed by atoms with Gasteiger partial charge in [-0.25, -0.2) is 9.97 Å². The molecule has 0 saturated heterocycles. The molecule has 4 nitrogen and oxygen atoms in total. The van der Waals surface area contributed by atoms with Crippen molar-refractivity contribution in [2.75, 3.05) is 0 Å². The third-order valence-corrected chi connectivity index (χ3v) is 12.6. The van der Waals surface area contributed by atoms with E-state index in [0.29, 0.717) is 0 Å². The number of hydrogen-bond acceptors (Lipinski definition) is 2. The first-order valence-electron chi connectivity index (χ1n) is 19.1. The Labute approximate surface area is 315 Å². The molecule has 12 aromatic rings. The van der Waals surface area contributed by atoms with E-state index in [-0.39, 0.29) is 5.41 Å². The Morgan fingerprint density at radius 3 is 2.07 bits per heavy atom. The molecule has 1 aliphatic rings. The summed E-state index contributed by atoms with van der Waals surface area (Å²) in [6.07, 6.45) is 0. The first kappa shape index (κ1) is 29.4. The van der Waals surface area contributed by atoms with Gasteiger partial charge in [-0.2, -0.15) is 0 Å². The highest BCUT2D eigenvalue weighted by molar-refractivity contribution is 6.33. The maximum absolute atomic E-state index is 5.76. The van der Waals surface area contributed by atoms with Crippen molar-refractivity contribution in [3.8, 4) is 28.2 Å². The summed E-state index contributed by atoms with van der Waals surface area (Å²) in [5.41, 5.74) is 14.7. The molecular formula is C51H32N4. The quantitative estimate of drug-likeness (QED) is 0.168. The summed E-state index contributed by atoms with van der Waals surface area (Å²) >= 11 is 0. The molecule has 0 atom stereocenters. The van der Waals surface area contributed by atoms with Crippen LogP contribution in [0.1, 0.15) is 25.0 Å². The van der Waals surface area contributed by atoms with Gasteiger partial charge in [-0.05, 0) is 51.7 Å². The topological polar surface area (TPSA) is 35.1 Å². The minimum atomic E-state index is -0.234. The zero-order valence-corrected chi connectivity index (χ0v) is 30.3. The van der Waals surface area contributed by atoms with Crippen molar-refractivity contribution in [1.82, 2.24) is 18.9 Å². The van der Waals surface area contributed by atoms with Crippen LogP contribution in [-0.2, 0) is 5.41 Å². The van der Waals surface area contributed by atoms with Crippen LogP contribution in [0.2, 0.25) is 0 Å². The summed E-state index contributed by atoms with van der Waals surface area (Å²) < 4.78 is 5.03. The number of aromatic nitrogens is 4. The predicted molar refractivity (Wildman–Crippen MR) is 229 cm³/mol. The van der Waals surface area contributed by atoms with Crippen molar-refractivity contribution in [1.29, 1.82) is 0 Å². The van der Waals surface area contributed by atoms with E-state index < -0.39 is 0 Å². The van der Waals surface area contributed by atoms with Crippen molar-refractivity contribution < 1.29 is 0 Å². The van der Waals surface area contributed by atoms with Crippen molar-refractivity contribution in [2.45, 2.75) is 19.3 Å². The Balaban J connectivity index is 1.36. The van der Waals surface area contributed by atoms with E-state index in [0.717, 1.165) is 44.4 Å². The van der Waals surface area contributed by atoms with Crippen molar-refractivity contribution >= 4 is 81.7 Å². The summed E-state index contributed by atoms with van der Waals surface area (Å²) in [7, 11) is 0. The van der Waals surface area contributed by atoms with Crippen LogP contribution in [0.15, 0.2) is 158 Å². The molecular weight excluding hydrogens is 669 g/mol. The number of rotatable bonds is 2. The molecule has 8 aromatic carbocycles. The first-order chi connectivity index (χ1) is 27.1. The highest BCUT2D eigenvalue weighted by atomic mass is 15.1. The normalized spacial score (nSPS) is 13.8. The Morgan fingerprint density at radius 1 is 0.491 bits per heavy atom. The summed E-state index contributed by atoms with van der Waals surface area (Å²) in [6.45, 7) is 4.78. The largest absolute Gasteiger partial charge is 0.308 e. The molecule has 0 radical (unpaired) electrons. The molecule has 55 heavy (non-hydrogen) atoms. The lowest BCUT2D eigenvalue weighted by Crippen LogP contribution is -2.15.